The maximum atomic E-state index is 8.78. The van der Waals surface area contributed by atoms with Crippen molar-refractivity contribution in [3.05, 3.63) is 29.3 Å². The molecule has 0 atom stereocenters. The maximum absolute atomic E-state index is 8.78. The van der Waals surface area contributed by atoms with Gasteiger partial charge in [0.15, 0.2) is 0 Å². The molecule has 0 bridgehead atoms. The predicted octanol–water partition coefficient (Wildman–Crippen LogP) is 2.41. The summed E-state index contributed by atoms with van der Waals surface area (Å²) in [5.41, 5.74) is 2.08. The van der Waals surface area contributed by atoms with Crippen molar-refractivity contribution in [2.24, 2.45) is 0 Å². The molecule has 108 valence electrons. The number of hydrogen-bond donors (Lipinski definition) is 1. The average Bonchev–Trinajstić information content (AvgIpc) is 2.99. The number of methoxy groups -OCH3 is 1. The number of hydrogen-bond acceptors (Lipinski definition) is 3. The average molecular weight is 273 g/mol. The highest BCUT2D eigenvalue weighted by Crippen LogP contribution is 2.26. The van der Waals surface area contributed by atoms with Crippen LogP contribution in [0.3, 0.4) is 0 Å². The Labute approximate surface area is 121 Å². The van der Waals surface area contributed by atoms with Crippen molar-refractivity contribution >= 4 is 0 Å². The predicted molar refractivity (Wildman–Crippen MR) is 80.7 cm³/mol. The number of ether oxygens (including phenoxy) is 1. The van der Waals surface area contributed by atoms with E-state index in [9.17, 15) is 0 Å². The van der Waals surface area contributed by atoms with Gasteiger partial charge in [0.2, 0.25) is 0 Å². The third-order valence-corrected chi connectivity index (χ3v) is 3.96. The first-order valence-electron chi connectivity index (χ1n) is 7.21. The Hall–Kier alpha value is -1.50. The Morgan fingerprint density at radius 3 is 2.75 bits per heavy atom. The van der Waals surface area contributed by atoms with Crippen LogP contribution < -0.4 is 4.74 Å². The first-order valence-corrected chi connectivity index (χ1v) is 7.21. The molecule has 0 saturated heterocycles. The first kappa shape index (κ1) is 14.9. The largest absolute Gasteiger partial charge is 0.496 e. The zero-order chi connectivity index (χ0) is 14.4. The van der Waals surface area contributed by atoms with E-state index in [4.69, 9.17) is 9.84 Å². The van der Waals surface area contributed by atoms with Gasteiger partial charge in [0, 0.05) is 23.7 Å². The SMILES string of the molecule is COc1ccc(C#CCO)cc1CN(C)C1CCCC1. The van der Waals surface area contributed by atoms with Crippen LogP contribution in [0.2, 0.25) is 0 Å². The molecule has 1 fully saturated rings. The zero-order valence-corrected chi connectivity index (χ0v) is 12.4. The molecule has 3 heteroatoms. The minimum absolute atomic E-state index is 0.108. The summed E-state index contributed by atoms with van der Waals surface area (Å²) in [7, 11) is 3.88. The lowest BCUT2D eigenvalue weighted by Crippen LogP contribution is -2.28. The van der Waals surface area contributed by atoms with Crippen LogP contribution >= 0.6 is 0 Å². The quantitative estimate of drug-likeness (QED) is 0.855. The zero-order valence-electron chi connectivity index (χ0n) is 12.4. The molecule has 20 heavy (non-hydrogen) atoms. The van der Waals surface area contributed by atoms with Crippen LogP contribution in [-0.2, 0) is 6.54 Å². The number of benzene rings is 1. The molecular formula is C17H23NO2. The lowest BCUT2D eigenvalue weighted by molar-refractivity contribution is 0.234. The summed E-state index contributed by atoms with van der Waals surface area (Å²) in [5.74, 6) is 6.55. The molecule has 1 aromatic rings. The number of rotatable bonds is 4. The highest BCUT2D eigenvalue weighted by Gasteiger charge is 2.20. The van der Waals surface area contributed by atoms with Gasteiger partial charge in [-0.15, -0.1) is 0 Å². The van der Waals surface area contributed by atoms with Gasteiger partial charge in [0.25, 0.3) is 0 Å². The number of nitrogens with zero attached hydrogens (tertiary/aromatic N) is 1. The highest BCUT2D eigenvalue weighted by molar-refractivity contribution is 5.44. The van der Waals surface area contributed by atoms with Crippen molar-refractivity contribution in [1.29, 1.82) is 0 Å². The molecule has 0 amide bonds. The smallest absolute Gasteiger partial charge is 0.123 e. The molecule has 2 rings (SSSR count). The Morgan fingerprint density at radius 1 is 1.35 bits per heavy atom. The maximum Gasteiger partial charge on any atom is 0.123 e. The minimum atomic E-state index is -0.108. The van der Waals surface area contributed by atoms with Crippen LogP contribution in [0.15, 0.2) is 18.2 Å². The molecule has 1 saturated carbocycles. The summed E-state index contributed by atoms with van der Waals surface area (Å²) in [6.07, 6.45) is 5.27. The van der Waals surface area contributed by atoms with E-state index in [1.807, 2.05) is 12.1 Å². The Bertz CT molecular complexity index is 495. The lowest BCUT2D eigenvalue weighted by atomic mass is 10.1. The van der Waals surface area contributed by atoms with Gasteiger partial charge >= 0.3 is 0 Å². The van der Waals surface area contributed by atoms with E-state index in [0.29, 0.717) is 6.04 Å². The number of aliphatic hydroxyl groups is 1. The summed E-state index contributed by atoms with van der Waals surface area (Å²) in [4.78, 5) is 2.41. The molecule has 1 aromatic carbocycles. The summed E-state index contributed by atoms with van der Waals surface area (Å²) >= 11 is 0. The Kier molecular flexibility index (Phi) is 5.46. The molecule has 0 spiro atoms. The van der Waals surface area contributed by atoms with Gasteiger partial charge in [-0.3, -0.25) is 4.90 Å². The Balaban J connectivity index is 2.14. The second-order valence-electron chi connectivity index (χ2n) is 5.34. The van der Waals surface area contributed by atoms with E-state index in [1.54, 1.807) is 7.11 Å². The van der Waals surface area contributed by atoms with E-state index in [1.165, 1.54) is 25.7 Å². The molecule has 1 N–H and O–H groups in total. The van der Waals surface area contributed by atoms with Crippen LogP contribution in [0.1, 0.15) is 36.8 Å². The van der Waals surface area contributed by atoms with Gasteiger partial charge in [0.05, 0.1) is 7.11 Å². The molecule has 0 unspecified atom stereocenters. The van der Waals surface area contributed by atoms with E-state index < -0.39 is 0 Å². The summed E-state index contributed by atoms with van der Waals surface area (Å²) in [6, 6.07) is 6.64. The fourth-order valence-electron chi connectivity index (χ4n) is 2.86. The van der Waals surface area contributed by atoms with Crippen LogP contribution in [0.5, 0.6) is 5.75 Å². The molecule has 0 radical (unpaired) electrons. The van der Waals surface area contributed by atoms with Gasteiger partial charge in [-0.1, -0.05) is 24.7 Å². The molecular weight excluding hydrogens is 250 g/mol. The second-order valence-corrected chi connectivity index (χ2v) is 5.34. The summed E-state index contributed by atoms with van der Waals surface area (Å²) in [6.45, 7) is 0.770. The van der Waals surface area contributed by atoms with E-state index in [0.717, 1.165) is 23.4 Å². The van der Waals surface area contributed by atoms with Gasteiger partial charge in [-0.25, -0.2) is 0 Å². The Morgan fingerprint density at radius 2 is 2.10 bits per heavy atom. The van der Waals surface area contributed by atoms with Gasteiger partial charge in [-0.2, -0.15) is 0 Å². The minimum Gasteiger partial charge on any atom is -0.496 e. The standard InChI is InChI=1S/C17H23NO2/c1-18(16-7-3-4-8-16)13-15-12-14(6-5-11-19)9-10-17(15)20-2/h9-10,12,16,19H,3-4,7-8,11,13H2,1-2H3. The lowest BCUT2D eigenvalue weighted by Gasteiger charge is -2.25. The fraction of sp³-hybridized carbons (Fsp3) is 0.529. The molecule has 1 aliphatic carbocycles. The molecule has 0 aliphatic heterocycles. The summed E-state index contributed by atoms with van der Waals surface area (Å²) < 4.78 is 5.44. The van der Waals surface area contributed by atoms with Crippen LogP contribution in [0.4, 0.5) is 0 Å². The van der Waals surface area contributed by atoms with Crippen LogP contribution in [-0.4, -0.2) is 36.8 Å². The van der Waals surface area contributed by atoms with Crippen molar-refractivity contribution in [3.8, 4) is 17.6 Å². The monoisotopic (exact) mass is 273 g/mol. The van der Waals surface area contributed by atoms with Crippen molar-refractivity contribution in [2.45, 2.75) is 38.3 Å². The van der Waals surface area contributed by atoms with E-state index in [2.05, 4.69) is 29.9 Å². The molecule has 0 aromatic heterocycles. The van der Waals surface area contributed by atoms with Crippen molar-refractivity contribution in [1.82, 2.24) is 4.90 Å². The van der Waals surface area contributed by atoms with Crippen molar-refractivity contribution in [2.75, 3.05) is 20.8 Å². The normalized spacial score (nSPS) is 15.2. The molecule has 1 aliphatic rings. The van der Waals surface area contributed by atoms with Crippen LogP contribution in [0.25, 0.3) is 0 Å². The van der Waals surface area contributed by atoms with Crippen molar-refractivity contribution < 1.29 is 9.84 Å². The fourth-order valence-corrected chi connectivity index (χ4v) is 2.86. The first-order chi connectivity index (χ1) is 9.74. The third-order valence-electron chi connectivity index (χ3n) is 3.96. The third kappa shape index (κ3) is 3.75. The topological polar surface area (TPSA) is 32.7 Å². The highest BCUT2D eigenvalue weighted by atomic mass is 16.5. The van der Waals surface area contributed by atoms with Gasteiger partial charge in [0.1, 0.15) is 12.4 Å². The number of aliphatic hydroxyl groups excluding tert-OH is 1. The second kappa shape index (κ2) is 7.33. The van der Waals surface area contributed by atoms with Crippen LogP contribution in [0, 0.1) is 11.8 Å². The van der Waals surface area contributed by atoms with E-state index in [-0.39, 0.29) is 6.61 Å². The van der Waals surface area contributed by atoms with Gasteiger partial charge < -0.3 is 9.84 Å². The molecule has 0 heterocycles. The van der Waals surface area contributed by atoms with Crippen molar-refractivity contribution in [3.63, 3.8) is 0 Å². The van der Waals surface area contributed by atoms with E-state index >= 15 is 0 Å². The van der Waals surface area contributed by atoms with Gasteiger partial charge in [-0.05, 0) is 38.1 Å². The summed E-state index contributed by atoms with van der Waals surface area (Å²) in [5, 5.41) is 8.78. The molecule has 3 nitrogen and oxygen atoms in total.